The van der Waals surface area contributed by atoms with E-state index in [9.17, 15) is 9.50 Å². The van der Waals surface area contributed by atoms with Crippen molar-refractivity contribution in [3.05, 3.63) is 18.2 Å². The van der Waals surface area contributed by atoms with Gasteiger partial charge >= 0.3 is 0 Å². The molecule has 1 aromatic heterocycles. The number of aliphatic hydroxyl groups is 1. The third-order valence-corrected chi connectivity index (χ3v) is 3.48. The monoisotopic (exact) mass is 238 g/mol. The Bertz CT molecular complexity index is 399. The summed E-state index contributed by atoms with van der Waals surface area (Å²) in [6, 6.07) is 0.368. The molecule has 17 heavy (non-hydrogen) atoms. The van der Waals surface area contributed by atoms with Crippen LogP contribution in [0.4, 0.5) is 10.3 Å². The van der Waals surface area contributed by atoms with Gasteiger partial charge < -0.3 is 10.0 Å². The summed E-state index contributed by atoms with van der Waals surface area (Å²) in [5, 5.41) is 9.61. The minimum atomic E-state index is -0.413. The molecule has 1 aromatic rings. The normalized spacial score (nSPS) is 29.4. The van der Waals surface area contributed by atoms with Gasteiger partial charge in [-0.15, -0.1) is 0 Å². The zero-order chi connectivity index (χ0) is 11.8. The second-order valence-electron chi connectivity index (χ2n) is 4.69. The Morgan fingerprint density at radius 3 is 2.76 bits per heavy atom. The number of fused-ring (bicyclic) bond motifs is 1. The second kappa shape index (κ2) is 4.19. The predicted octanol–water partition coefficient (Wildman–Crippen LogP) is -0.129. The molecule has 6 heteroatoms. The van der Waals surface area contributed by atoms with Gasteiger partial charge in [0.05, 0.1) is 18.5 Å². The van der Waals surface area contributed by atoms with Gasteiger partial charge in [0.2, 0.25) is 5.95 Å². The molecule has 0 aromatic carbocycles. The van der Waals surface area contributed by atoms with E-state index in [-0.39, 0.29) is 6.10 Å². The van der Waals surface area contributed by atoms with E-state index < -0.39 is 5.82 Å². The van der Waals surface area contributed by atoms with E-state index in [2.05, 4.69) is 19.8 Å². The Kier molecular flexibility index (Phi) is 2.68. The van der Waals surface area contributed by atoms with E-state index in [1.54, 1.807) is 0 Å². The van der Waals surface area contributed by atoms with Crippen molar-refractivity contribution in [3.63, 3.8) is 0 Å². The van der Waals surface area contributed by atoms with Crippen LogP contribution in [0, 0.1) is 5.82 Å². The van der Waals surface area contributed by atoms with Crippen molar-refractivity contribution in [3.8, 4) is 0 Å². The molecule has 0 saturated carbocycles. The lowest BCUT2D eigenvalue weighted by Crippen LogP contribution is -2.50. The molecule has 3 heterocycles. The number of aromatic nitrogens is 2. The summed E-state index contributed by atoms with van der Waals surface area (Å²) in [4.78, 5) is 12.3. The molecule has 0 aliphatic carbocycles. The maximum Gasteiger partial charge on any atom is 0.225 e. The van der Waals surface area contributed by atoms with E-state index in [1.165, 1.54) is 12.4 Å². The van der Waals surface area contributed by atoms with Crippen LogP contribution in [0.5, 0.6) is 0 Å². The molecule has 3 rings (SSSR count). The number of piperazine rings is 1. The van der Waals surface area contributed by atoms with Gasteiger partial charge in [0.15, 0.2) is 5.82 Å². The average Bonchev–Trinajstić information content (AvgIpc) is 2.69. The molecular formula is C11H15FN4O. The molecule has 0 spiro atoms. The number of halogens is 1. The highest BCUT2D eigenvalue weighted by molar-refractivity contribution is 5.30. The Labute approximate surface area is 98.9 Å². The van der Waals surface area contributed by atoms with Crippen molar-refractivity contribution in [2.75, 3.05) is 31.1 Å². The molecule has 2 atom stereocenters. The number of nitrogens with zero attached hydrogens (tertiary/aromatic N) is 4. The van der Waals surface area contributed by atoms with E-state index >= 15 is 0 Å². The van der Waals surface area contributed by atoms with Crippen LogP contribution < -0.4 is 4.90 Å². The first-order valence-electron chi connectivity index (χ1n) is 5.87. The lowest BCUT2D eigenvalue weighted by molar-refractivity contribution is 0.173. The van der Waals surface area contributed by atoms with Crippen LogP contribution in [-0.2, 0) is 0 Å². The molecule has 2 aliphatic heterocycles. The first-order valence-corrected chi connectivity index (χ1v) is 5.87. The fraction of sp³-hybridized carbons (Fsp3) is 0.636. The highest BCUT2D eigenvalue weighted by atomic mass is 19.1. The van der Waals surface area contributed by atoms with Gasteiger partial charge in [-0.25, -0.2) is 14.4 Å². The van der Waals surface area contributed by atoms with Crippen molar-refractivity contribution < 1.29 is 9.50 Å². The molecule has 0 bridgehead atoms. The van der Waals surface area contributed by atoms with Crippen LogP contribution in [-0.4, -0.2) is 58.3 Å². The summed E-state index contributed by atoms with van der Waals surface area (Å²) in [6.07, 6.45) is 2.97. The minimum Gasteiger partial charge on any atom is -0.392 e. The molecule has 92 valence electrons. The third kappa shape index (κ3) is 2.10. The number of anilines is 1. The van der Waals surface area contributed by atoms with Gasteiger partial charge in [0.1, 0.15) is 0 Å². The zero-order valence-corrected chi connectivity index (χ0v) is 9.46. The van der Waals surface area contributed by atoms with Crippen LogP contribution in [0.15, 0.2) is 12.4 Å². The van der Waals surface area contributed by atoms with Crippen molar-refractivity contribution in [1.82, 2.24) is 14.9 Å². The first kappa shape index (κ1) is 10.9. The highest BCUT2D eigenvalue weighted by Crippen LogP contribution is 2.23. The summed E-state index contributed by atoms with van der Waals surface area (Å²) in [6.45, 7) is 3.31. The molecule has 5 nitrogen and oxygen atoms in total. The third-order valence-electron chi connectivity index (χ3n) is 3.48. The number of hydrogen-bond acceptors (Lipinski definition) is 5. The molecule has 0 amide bonds. The largest absolute Gasteiger partial charge is 0.392 e. The molecule has 2 saturated heterocycles. The van der Waals surface area contributed by atoms with Gasteiger partial charge in [0, 0.05) is 32.2 Å². The lowest BCUT2D eigenvalue weighted by atomic mass is 10.1. The average molecular weight is 238 g/mol. The zero-order valence-electron chi connectivity index (χ0n) is 9.46. The van der Waals surface area contributed by atoms with Gasteiger partial charge in [-0.3, -0.25) is 4.90 Å². The number of aliphatic hydroxyl groups excluding tert-OH is 1. The Morgan fingerprint density at radius 1 is 1.24 bits per heavy atom. The van der Waals surface area contributed by atoms with Gasteiger partial charge in [0.25, 0.3) is 0 Å². The number of hydrogen-bond donors (Lipinski definition) is 1. The van der Waals surface area contributed by atoms with Gasteiger partial charge in [-0.1, -0.05) is 0 Å². The predicted molar refractivity (Wildman–Crippen MR) is 60.2 cm³/mol. The maximum atomic E-state index is 12.7. The quantitative estimate of drug-likeness (QED) is 0.738. The van der Waals surface area contributed by atoms with Crippen molar-refractivity contribution in [1.29, 1.82) is 0 Å². The summed E-state index contributed by atoms with van der Waals surface area (Å²) >= 11 is 0. The Balaban J connectivity index is 1.72. The fourth-order valence-corrected chi connectivity index (χ4v) is 2.67. The molecule has 0 radical (unpaired) electrons. The summed E-state index contributed by atoms with van der Waals surface area (Å²) in [5.74, 6) is 0.163. The van der Waals surface area contributed by atoms with E-state index in [1.807, 2.05) is 0 Å². The summed E-state index contributed by atoms with van der Waals surface area (Å²) in [5.41, 5.74) is 0. The standard InChI is InChI=1S/C11H15FN4O/c12-8-4-13-11(14-5-8)16-2-1-15-7-10(17)3-9(15)6-16/h4-5,9-10,17H,1-3,6-7H2/t9?,10-/m0/s1. The van der Waals surface area contributed by atoms with Crippen LogP contribution in [0.3, 0.4) is 0 Å². The summed E-state index contributed by atoms with van der Waals surface area (Å²) < 4.78 is 12.7. The number of rotatable bonds is 1. The molecular weight excluding hydrogens is 223 g/mol. The fourth-order valence-electron chi connectivity index (χ4n) is 2.67. The van der Waals surface area contributed by atoms with Crippen LogP contribution in [0.1, 0.15) is 6.42 Å². The van der Waals surface area contributed by atoms with Crippen molar-refractivity contribution in [2.45, 2.75) is 18.6 Å². The topological polar surface area (TPSA) is 52.5 Å². The SMILES string of the molecule is O[C@H]1CC2CN(c3ncc(F)cn3)CCN2C1. The van der Waals surface area contributed by atoms with E-state index in [4.69, 9.17) is 0 Å². The Morgan fingerprint density at radius 2 is 2.00 bits per heavy atom. The highest BCUT2D eigenvalue weighted by Gasteiger charge is 2.35. The van der Waals surface area contributed by atoms with Crippen LogP contribution >= 0.6 is 0 Å². The van der Waals surface area contributed by atoms with E-state index in [0.29, 0.717) is 12.0 Å². The lowest BCUT2D eigenvalue weighted by Gasteiger charge is -2.37. The van der Waals surface area contributed by atoms with Gasteiger partial charge in [-0.05, 0) is 6.42 Å². The molecule has 1 N–H and O–H groups in total. The summed E-state index contributed by atoms with van der Waals surface area (Å²) in [7, 11) is 0. The van der Waals surface area contributed by atoms with Crippen LogP contribution in [0.2, 0.25) is 0 Å². The molecule has 2 fully saturated rings. The molecule has 2 aliphatic rings. The smallest absolute Gasteiger partial charge is 0.225 e. The van der Waals surface area contributed by atoms with E-state index in [0.717, 1.165) is 32.6 Å². The van der Waals surface area contributed by atoms with Crippen molar-refractivity contribution >= 4 is 5.95 Å². The first-order chi connectivity index (χ1) is 8.22. The maximum absolute atomic E-state index is 12.7. The van der Waals surface area contributed by atoms with Gasteiger partial charge in [-0.2, -0.15) is 0 Å². The Hall–Kier alpha value is -1.27. The minimum absolute atomic E-state index is 0.214. The van der Waals surface area contributed by atoms with Crippen LogP contribution in [0.25, 0.3) is 0 Å². The molecule has 1 unspecified atom stereocenters. The van der Waals surface area contributed by atoms with Crippen molar-refractivity contribution in [2.24, 2.45) is 0 Å². The second-order valence-corrected chi connectivity index (χ2v) is 4.69.